The van der Waals surface area contributed by atoms with E-state index in [1.54, 1.807) is 12.4 Å². The number of aromatic amines is 1. The third-order valence-corrected chi connectivity index (χ3v) is 3.64. The van der Waals surface area contributed by atoms with Crippen molar-refractivity contribution in [3.8, 4) is 11.1 Å². The van der Waals surface area contributed by atoms with Crippen molar-refractivity contribution in [2.45, 2.75) is 12.8 Å². The number of aromatic nitrogens is 5. The first kappa shape index (κ1) is 16.3. The van der Waals surface area contributed by atoms with Gasteiger partial charge in [0, 0.05) is 18.7 Å². The molecule has 3 aromatic rings. The maximum atomic E-state index is 5.59. The lowest BCUT2D eigenvalue weighted by atomic mass is 10.1. The van der Waals surface area contributed by atoms with Gasteiger partial charge in [-0.1, -0.05) is 0 Å². The summed E-state index contributed by atoms with van der Waals surface area (Å²) in [6.07, 6.45) is 5.39. The van der Waals surface area contributed by atoms with Crippen LogP contribution in [0.1, 0.15) is 12.8 Å². The van der Waals surface area contributed by atoms with Crippen molar-refractivity contribution >= 4 is 16.7 Å². The zero-order chi connectivity index (χ0) is 16.6. The standard InChI is InChI=1S/C16H21N7O/c17-4-1-2-7-24-8-6-18-14-9-13(12-3-5-19-20-11-12)10-15-16(14)22-23-21-15/h3,5,9-11,18H,1-2,4,6-8,17H2,(H,21,22,23). The number of nitrogens with one attached hydrogen (secondary N) is 2. The van der Waals surface area contributed by atoms with Gasteiger partial charge < -0.3 is 15.8 Å². The second-order valence-electron chi connectivity index (χ2n) is 5.38. The molecule has 0 unspecified atom stereocenters. The number of fused-ring (bicyclic) bond motifs is 1. The van der Waals surface area contributed by atoms with Crippen molar-refractivity contribution < 1.29 is 4.74 Å². The molecular weight excluding hydrogens is 306 g/mol. The van der Waals surface area contributed by atoms with Crippen LogP contribution in [0.5, 0.6) is 0 Å². The fourth-order valence-corrected chi connectivity index (χ4v) is 2.42. The second kappa shape index (κ2) is 8.32. The number of ether oxygens (including phenoxy) is 1. The molecule has 0 radical (unpaired) electrons. The molecule has 1 aromatic carbocycles. The van der Waals surface area contributed by atoms with Gasteiger partial charge in [0.15, 0.2) is 0 Å². The van der Waals surface area contributed by atoms with Gasteiger partial charge in [-0.05, 0) is 43.1 Å². The number of hydrogen-bond donors (Lipinski definition) is 3. The molecular formula is C16H21N7O. The molecule has 0 aliphatic rings. The molecule has 0 bridgehead atoms. The van der Waals surface area contributed by atoms with Crippen molar-refractivity contribution in [2.75, 3.05) is 31.6 Å². The van der Waals surface area contributed by atoms with E-state index in [9.17, 15) is 0 Å². The summed E-state index contributed by atoms with van der Waals surface area (Å²) in [6, 6.07) is 5.93. The number of benzene rings is 1. The molecule has 2 heterocycles. The van der Waals surface area contributed by atoms with E-state index in [0.29, 0.717) is 19.7 Å². The van der Waals surface area contributed by atoms with Crippen LogP contribution in [0, 0.1) is 0 Å². The predicted octanol–water partition coefficient (Wildman–Crippen LogP) is 1.58. The van der Waals surface area contributed by atoms with Crippen LogP contribution >= 0.6 is 0 Å². The van der Waals surface area contributed by atoms with E-state index >= 15 is 0 Å². The highest BCUT2D eigenvalue weighted by Gasteiger charge is 2.09. The number of rotatable bonds is 9. The number of hydrogen-bond acceptors (Lipinski definition) is 7. The van der Waals surface area contributed by atoms with E-state index in [4.69, 9.17) is 10.5 Å². The van der Waals surface area contributed by atoms with Crippen molar-refractivity contribution in [2.24, 2.45) is 5.73 Å². The van der Waals surface area contributed by atoms with Crippen molar-refractivity contribution in [1.29, 1.82) is 0 Å². The summed E-state index contributed by atoms with van der Waals surface area (Å²) in [4.78, 5) is 0. The Morgan fingerprint density at radius 1 is 1.08 bits per heavy atom. The molecule has 8 heteroatoms. The van der Waals surface area contributed by atoms with E-state index in [-0.39, 0.29) is 0 Å². The van der Waals surface area contributed by atoms with Gasteiger partial charge in [-0.25, -0.2) is 0 Å². The molecule has 4 N–H and O–H groups in total. The SMILES string of the molecule is NCCCCOCCNc1cc(-c2ccnnc2)cc2n[nH]nc12. The number of unbranched alkanes of at least 4 members (excludes halogenated alkanes) is 1. The molecule has 24 heavy (non-hydrogen) atoms. The fourth-order valence-electron chi connectivity index (χ4n) is 2.42. The minimum atomic E-state index is 0.630. The Labute approximate surface area is 139 Å². The summed E-state index contributed by atoms with van der Waals surface area (Å²) < 4.78 is 5.59. The number of H-pyrrole nitrogens is 1. The third-order valence-electron chi connectivity index (χ3n) is 3.64. The smallest absolute Gasteiger partial charge is 0.136 e. The van der Waals surface area contributed by atoms with E-state index in [1.807, 2.05) is 18.2 Å². The molecule has 0 amide bonds. The van der Waals surface area contributed by atoms with Crippen LogP contribution in [0.3, 0.4) is 0 Å². The van der Waals surface area contributed by atoms with Crippen molar-refractivity contribution in [3.05, 3.63) is 30.6 Å². The van der Waals surface area contributed by atoms with Gasteiger partial charge in [-0.2, -0.15) is 25.6 Å². The molecule has 0 saturated heterocycles. The van der Waals surface area contributed by atoms with Crippen LogP contribution in [-0.4, -0.2) is 51.9 Å². The van der Waals surface area contributed by atoms with E-state index < -0.39 is 0 Å². The van der Waals surface area contributed by atoms with E-state index in [1.165, 1.54) is 0 Å². The second-order valence-corrected chi connectivity index (χ2v) is 5.38. The monoisotopic (exact) mass is 327 g/mol. The molecule has 0 atom stereocenters. The molecule has 126 valence electrons. The average molecular weight is 327 g/mol. The first-order valence-electron chi connectivity index (χ1n) is 8.02. The van der Waals surface area contributed by atoms with Crippen LogP contribution in [-0.2, 0) is 4.74 Å². The highest BCUT2D eigenvalue weighted by molar-refractivity contribution is 5.92. The maximum Gasteiger partial charge on any atom is 0.136 e. The lowest BCUT2D eigenvalue weighted by molar-refractivity contribution is 0.140. The Morgan fingerprint density at radius 3 is 2.88 bits per heavy atom. The van der Waals surface area contributed by atoms with Crippen LogP contribution in [0.15, 0.2) is 30.6 Å². The summed E-state index contributed by atoms with van der Waals surface area (Å²) in [5, 5.41) is 22.2. The van der Waals surface area contributed by atoms with Gasteiger partial charge >= 0.3 is 0 Å². The average Bonchev–Trinajstić information content (AvgIpc) is 3.10. The number of anilines is 1. The van der Waals surface area contributed by atoms with E-state index in [0.717, 1.165) is 47.3 Å². The van der Waals surface area contributed by atoms with Crippen LogP contribution in [0.4, 0.5) is 5.69 Å². The number of nitrogens with two attached hydrogens (primary N) is 1. The Bertz CT molecular complexity index is 759. The Hall–Kier alpha value is -2.58. The minimum absolute atomic E-state index is 0.630. The number of nitrogens with zero attached hydrogens (tertiary/aromatic N) is 4. The molecule has 0 fully saturated rings. The first-order valence-corrected chi connectivity index (χ1v) is 8.02. The molecule has 0 saturated carbocycles. The van der Waals surface area contributed by atoms with Gasteiger partial charge in [0.1, 0.15) is 11.0 Å². The molecule has 2 aromatic heterocycles. The summed E-state index contributed by atoms with van der Waals surface area (Å²) in [7, 11) is 0. The molecule has 3 rings (SSSR count). The zero-order valence-corrected chi connectivity index (χ0v) is 13.4. The lowest BCUT2D eigenvalue weighted by Crippen LogP contribution is -2.11. The summed E-state index contributed by atoms with van der Waals surface area (Å²) in [5.41, 5.74) is 9.98. The lowest BCUT2D eigenvalue weighted by Gasteiger charge is -2.10. The highest BCUT2D eigenvalue weighted by atomic mass is 16.5. The normalized spacial score (nSPS) is 11.0. The third kappa shape index (κ3) is 4.03. The van der Waals surface area contributed by atoms with Gasteiger partial charge in [-0.15, -0.1) is 0 Å². The van der Waals surface area contributed by atoms with Crippen LogP contribution in [0.25, 0.3) is 22.2 Å². The van der Waals surface area contributed by atoms with Gasteiger partial charge in [0.05, 0.1) is 24.7 Å². The topological polar surface area (TPSA) is 115 Å². The van der Waals surface area contributed by atoms with Crippen molar-refractivity contribution in [1.82, 2.24) is 25.6 Å². The zero-order valence-electron chi connectivity index (χ0n) is 13.4. The quantitative estimate of drug-likeness (QED) is 0.511. The maximum absolute atomic E-state index is 5.59. The Kier molecular flexibility index (Phi) is 5.65. The van der Waals surface area contributed by atoms with Crippen LogP contribution in [0.2, 0.25) is 0 Å². The summed E-state index contributed by atoms with van der Waals surface area (Å²) in [5.74, 6) is 0. The van der Waals surface area contributed by atoms with Crippen molar-refractivity contribution in [3.63, 3.8) is 0 Å². The largest absolute Gasteiger partial charge is 0.381 e. The molecule has 0 aliphatic heterocycles. The minimum Gasteiger partial charge on any atom is -0.381 e. The Balaban J connectivity index is 1.67. The Morgan fingerprint density at radius 2 is 2.04 bits per heavy atom. The van der Waals surface area contributed by atoms with Gasteiger partial charge in [-0.3, -0.25) is 0 Å². The van der Waals surface area contributed by atoms with Gasteiger partial charge in [0.25, 0.3) is 0 Å². The van der Waals surface area contributed by atoms with Crippen LogP contribution < -0.4 is 11.1 Å². The first-order chi connectivity index (χ1) is 11.9. The van der Waals surface area contributed by atoms with E-state index in [2.05, 4.69) is 30.9 Å². The summed E-state index contributed by atoms with van der Waals surface area (Å²) in [6.45, 7) is 2.77. The van der Waals surface area contributed by atoms with Gasteiger partial charge in [0.2, 0.25) is 0 Å². The molecule has 0 spiro atoms. The highest BCUT2D eigenvalue weighted by Crippen LogP contribution is 2.28. The molecule has 8 nitrogen and oxygen atoms in total. The molecule has 0 aliphatic carbocycles. The fraction of sp³-hybridized carbons (Fsp3) is 0.375. The summed E-state index contributed by atoms with van der Waals surface area (Å²) >= 11 is 0. The predicted molar refractivity (Wildman–Crippen MR) is 92.5 cm³/mol.